The summed E-state index contributed by atoms with van der Waals surface area (Å²) in [4.78, 5) is 0. The first-order valence-corrected chi connectivity index (χ1v) is 5.62. The minimum Gasteiger partial charge on any atom is -0.310 e. The lowest BCUT2D eigenvalue weighted by atomic mass is 9.89. The molecule has 0 radical (unpaired) electrons. The summed E-state index contributed by atoms with van der Waals surface area (Å²) in [5.74, 6) is 0.443. The third-order valence-electron chi connectivity index (χ3n) is 3.31. The Bertz CT molecular complexity index is 487. The van der Waals surface area contributed by atoms with E-state index in [1.165, 1.54) is 16.8 Å². The Labute approximate surface area is 95.1 Å². The SMILES string of the molecule is Cn1ncc2c1CNCC2c1ccccc1. The van der Waals surface area contributed by atoms with Crippen molar-refractivity contribution >= 4 is 0 Å². The molecule has 16 heavy (non-hydrogen) atoms. The van der Waals surface area contributed by atoms with Crippen LogP contribution in [-0.4, -0.2) is 16.3 Å². The fraction of sp³-hybridized carbons (Fsp3) is 0.308. The van der Waals surface area contributed by atoms with Crippen molar-refractivity contribution in [3.63, 3.8) is 0 Å². The van der Waals surface area contributed by atoms with Gasteiger partial charge in [-0.25, -0.2) is 0 Å². The van der Waals surface area contributed by atoms with Gasteiger partial charge in [0.2, 0.25) is 0 Å². The van der Waals surface area contributed by atoms with Crippen molar-refractivity contribution in [3.05, 3.63) is 53.3 Å². The van der Waals surface area contributed by atoms with Crippen LogP contribution in [0.5, 0.6) is 0 Å². The van der Waals surface area contributed by atoms with Crippen LogP contribution in [0.3, 0.4) is 0 Å². The summed E-state index contributed by atoms with van der Waals surface area (Å²) >= 11 is 0. The predicted molar refractivity (Wildman–Crippen MR) is 63.2 cm³/mol. The number of nitrogens with zero attached hydrogens (tertiary/aromatic N) is 2. The zero-order valence-corrected chi connectivity index (χ0v) is 9.35. The smallest absolute Gasteiger partial charge is 0.0557 e. The molecule has 0 bridgehead atoms. The highest BCUT2D eigenvalue weighted by Crippen LogP contribution is 2.29. The van der Waals surface area contributed by atoms with Gasteiger partial charge in [0.15, 0.2) is 0 Å². The van der Waals surface area contributed by atoms with Crippen molar-refractivity contribution in [2.24, 2.45) is 7.05 Å². The fourth-order valence-corrected chi connectivity index (χ4v) is 2.42. The summed E-state index contributed by atoms with van der Waals surface area (Å²) in [6.45, 7) is 1.93. The van der Waals surface area contributed by atoms with E-state index in [2.05, 4.69) is 40.7 Å². The Hall–Kier alpha value is -1.61. The number of rotatable bonds is 1. The van der Waals surface area contributed by atoms with Gasteiger partial charge in [0.05, 0.1) is 11.9 Å². The number of hydrogen-bond acceptors (Lipinski definition) is 2. The molecule has 1 aliphatic heterocycles. The van der Waals surface area contributed by atoms with Crippen LogP contribution in [0.25, 0.3) is 0 Å². The molecule has 0 saturated carbocycles. The van der Waals surface area contributed by atoms with Gasteiger partial charge < -0.3 is 5.32 Å². The van der Waals surface area contributed by atoms with Gasteiger partial charge in [0, 0.05) is 31.6 Å². The second-order valence-electron chi connectivity index (χ2n) is 4.26. The summed E-state index contributed by atoms with van der Waals surface area (Å²) in [6.07, 6.45) is 2.01. The highest BCUT2D eigenvalue weighted by Gasteiger charge is 2.23. The summed E-state index contributed by atoms with van der Waals surface area (Å²) in [6, 6.07) is 10.6. The third-order valence-corrected chi connectivity index (χ3v) is 3.31. The molecule has 0 spiro atoms. The van der Waals surface area contributed by atoms with Gasteiger partial charge in [0.25, 0.3) is 0 Å². The van der Waals surface area contributed by atoms with Crippen molar-refractivity contribution in [3.8, 4) is 0 Å². The maximum absolute atomic E-state index is 4.35. The van der Waals surface area contributed by atoms with Crippen LogP contribution in [-0.2, 0) is 13.6 Å². The first-order valence-electron chi connectivity index (χ1n) is 5.62. The first-order chi connectivity index (χ1) is 7.86. The lowest BCUT2D eigenvalue weighted by molar-refractivity contribution is 0.558. The Balaban J connectivity index is 2.05. The van der Waals surface area contributed by atoms with Crippen molar-refractivity contribution in [1.29, 1.82) is 0 Å². The zero-order chi connectivity index (χ0) is 11.0. The zero-order valence-electron chi connectivity index (χ0n) is 9.35. The van der Waals surface area contributed by atoms with Crippen molar-refractivity contribution < 1.29 is 0 Å². The van der Waals surface area contributed by atoms with Crippen LogP contribution in [0.15, 0.2) is 36.5 Å². The van der Waals surface area contributed by atoms with E-state index in [1.807, 2.05) is 17.9 Å². The van der Waals surface area contributed by atoms with E-state index in [0.717, 1.165) is 13.1 Å². The standard InChI is InChI=1S/C13H15N3/c1-16-13-9-14-7-11(12(13)8-15-16)10-5-3-2-4-6-10/h2-6,8,11,14H,7,9H2,1H3. The maximum Gasteiger partial charge on any atom is 0.0557 e. The van der Waals surface area contributed by atoms with Gasteiger partial charge in [-0.2, -0.15) is 5.10 Å². The third kappa shape index (κ3) is 1.44. The Morgan fingerprint density at radius 3 is 2.94 bits per heavy atom. The second kappa shape index (κ2) is 3.76. The van der Waals surface area contributed by atoms with Gasteiger partial charge in [-0.1, -0.05) is 30.3 Å². The molecule has 3 nitrogen and oxygen atoms in total. The first kappa shape index (κ1) is 9.60. The number of aromatic nitrogens is 2. The van der Waals surface area contributed by atoms with Gasteiger partial charge in [-0.05, 0) is 5.56 Å². The van der Waals surface area contributed by atoms with E-state index in [0.29, 0.717) is 5.92 Å². The van der Waals surface area contributed by atoms with Gasteiger partial charge in [-0.15, -0.1) is 0 Å². The average Bonchev–Trinajstić information content (AvgIpc) is 2.73. The topological polar surface area (TPSA) is 29.9 Å². The van der Waals surface area contributed by atoms with Crippen LogP contribution in [0, 0.1) is 0 Å². The molecule has 1 unspecified atom stereocenters. The molecule has 82 valence electrons. The van der Waals surface area contributed by atoms with E-state index in [9.17, 15) is 0 Å². The monoisotopic (exact) mass is 213 g/mol. The van der Waals surface area contributed by atoms with Gasteiger partial charge in [0.1, 0.15) is 0 Å². The number of fused-ring (bicyclic) bond motifs is 1. The van der Waals surface area contributed by atoms with Crippen molar-refractivity contribution in [1.82, 2.24) is 15.1 Å². The van der Waals surface area contributed by atoms with Crippen LogP contribution in [0.4, 0.5) is 0 Å². The Morgan fingerprint density at radius 1 is 1.31 bits per heavy atom. The molecular formula is C13H15N3. The molecule has 0 saturated heterocycles. The summed E-state index contributed by atoms with van der Waals surface area (Å²) < 4.78 is 1.97. The van der Waals surface area contributed by atoms with E-state index in [1.54, 1.807) is 0 Å². The summed E-state index contributed by atoms with van der Waals surface area (Å²) in [5, 5.41) is 7.81. The molecule has 1 aromatic carbocycles. The Kier molecular flexibility index (Phi) is 2.26. The molecule has 0 aliphatic carbocycles. The minimum absolute atomic E-state index is 0.443. The van der Waals surface area contributed by atoms with Crippen LogP contribution in [0.1, 0.15) is 22.7 Å². The second-order valence-corrected chi connectivity index (χ2v) is 4.26. The lowest BCUT2D eigenvalue weighted by Gasteiger charge is -2.24. The minimum atomic E-state index is 0.443. The van der Waals surface area contributed by atoms with E-state index < -0.39 is 0 Å². The van der Waals surface area contributed by atoms with E-state index in [-0.39, 0.29) is 0 Å². The molecule has 3 heteroatoms. The molecule has 0 fully saturated rings. The predicted octanol–water partition coefficient (Wildman–Crippen LogP) is 1.66. The van der Waals surface area contributed by atoms with Gasteiger partial charge in [-0.3, -0.25) is 4.68 Å². The van der Waals surface area contributed by atoms with Crippen molar-refractivity contribution in [2.75, 3.05) is 6.54 Å². The molecule has 2 aromatic rings. The summed E-state index contributed by atoms with van der Waals surface area (Å²) in [5.41, 5.74) is 4.04. The molecular weight excluding hydrogens is 198 g/mol. The fourth-order valence-electron chi connectivity index (χ4n) is 2.42. The number of nitrogens with one attached hydrogen (secondary N) is 1. The molecule has 2 heterocycles. The highest BCUT2D eigenvalue weighted by molar-refractivity contribution is 5.36. The van der Waals surface area contributed by atoms with E-state index in [4.69, 9.17) is 0 Å². The normalized spacial score (nSPS) is 19.4. The lowest BCUT2D eigenvalue weighted by Crippen LogP contribution is -2.29. The molecule has 1 aromatic heterocycles. The van der Waals surface area contributed by atoms with Crippen molar-refractivity contribution in [2.45, 2.75) is 12.5 Å². The van der Waals surface area contributed by atoms with E-state index >= 15 is 0 Å². The highest BCUT2D eigenvalue weighted by atomic mass is 15.3. The quantitative estimate of drug-likeness (QED) is 0.780. The largest absolute Gasteiger partial charge is 0.310 e. The molecule has 1 aliphatic rings. The molecule has 0 amide bonds. The molecule has 1 N–H and O–H groups in total. The van der Waals surface area contributed by atoms with Crippen LogP contribution in [0.2, 0.25) is 0 Å². The van der Waals surface area contributed by atoms with Gasteiger partial charge >= 0.3 is 0 Å². The Morgan fingerprint density at radius 2 is 2.12 bits per heavy atom. The molecule has 3 rings (SSSR count). The van der Waals surface area contributed by atoms with Crippen LogP contribution >= 0.6 is 0 Å². The number of benzene rings is 1. The summed E-state index contributed by atoms with van der Waals surface area (Å²) in [7, 11) is 2.01. The number of hydrogen-bond donors (Lipinski definition) is 1. The average molecular weight is 213 g/mol. The maximum atomic E-state index is 4.35. The van der Waals surface area contributed by atoms with Crippen LogP contribution < -0.4 is 5.32 Å². The number of aryl methyl sites for hydroxylation is 1. The molecule has 1 atom stereocenters.